The molecule has 1 aromatic carbocycles. The highest BCUT2D eigenvalue weighted by molar-refractivity contribution is 5.63. The normalized spacial score (nSPS) is 10.3. The highest BCUT2D eigenvalue weighted by Crippen LogP contribution is 2.20. The molecule has 2 heteroatoms. The van der Waals surface area contributed by atoms with E-state index in [4.69, 9.17) is 0 Å². The van der Waals surface area contributed by atoms with Gasteiger partial charge in [-0.1, -0.05) is 12.1 Å². The molecule has 0 amide bonds. The molecular weight excluding hydrogens is 189 g/mol. The second-order valence-electron chi connectivity index (χ2n) is 3.64. The summed E-state index contributed by atoms with van der Waals surface area (Å²) in [7, 11) is 0. The van der Waals surface area contributed by atoms with Crippen molar-refractivity contribution in [2.45, 2.75) is 13.8 Å². The van der Waals surface area contributed by atoms with Crippen LogP contribution in [0.2, 0.25) is 0 Å². The molecule has 0 saturated heterocycles. The third-order valence-corrected chi connectivity index (χ3v) is 2.50. The van der Waals surface area contributed by atoms with Crippen molar-refractivity contribution in [3.8, 4) is 11.1 Å². The monoisotopic (exact) mass is 201 g/mol. The molecule has 2 aromatic rings. The summed E-state index contributed by atoms with van der Waals surface area (Å²) in [5.41, 5.74) is 3.95. The van der Waals surface area contributed by atoms with Crippen molar-refractivity contribution in [1.29, 1.82) is 0 Å². The van der Waals surface area contributed by atoms with Crippen LogP contribution < -0.4 is 0 Å². The molecular formula is C13H12FN. The molecule has 0 fully saturated rings. The third kappa shape index (κ3) is 2.04. The van der Waals surface area contributed by atoms with Crippen LogP contribution in [0.25, 0.3) is 11.1 Å². The van der Waals surface area contributed by atoms with Crippen molar-refractivity contribution in [2.24, 2.45) is 0 Å². The Morgan fingerprint density at radius 3 is 2.53 bits per heavy atom. The maximum atomic E-state index is 13.0. The first-order chi connectivity index (χ1) is 7.16. The van der Waals surface area contributed by atoms with Crippen molar-refractivity contribution in [2.75, 3.05) is 0 Å². The third-order valence-electron chi connectivity index (χ3n) is 2.50. The van der Waals surface area contributed by atoms with Crippen molar-refractivity contribution >= 4 is 0 Å². The number of benzene rings is 1. The fourth-order valence-electron chi connectivity index (χ4n) is 1.47. The van der Waals surface area contributed by atoms with E-state index in [2.05, 4.69) is 4.98 Å². The van der Waals surface area contributed by atoms with Gasteiger partial charge < -0.3 is 0 Å². The standard InChI is InChI=1S/C13H12FN/c1-9-6-12(8-15-10(9)2)11-4-3-5-13(14)7-11/h3-8H,1-2H3. The zero-order valence-corrected chi connectivity index (χ0v) is 8.79. The molecule has 0 aliphatic rings. The topological polar surface area (TPSA) is 12.9 Å². The summed E-state index contributed by atoms with van der Waals surface area (Å²) < 4.78 is 13.0. The minimum atomic E-state index is -0.217. The first-order valence-corrected chi connectivity index (χ1v) is 4.86. The van der Waals surface area contributed by atoms with Crippen LogP contribution in [0.1, 0.15) is 11.3 Å². The summed E-state index contributed by atoms with van der Waals surface area (Å²) in [5, 5.41) is 0. The number of aryl methyl sites for hydroxylation is 2. The summed E-state index contributed by atoms with van der Waals surface area (Å²) in [5.74, 6) is -0.217. The number of halogens is 1. The van der Waals surface area contributed by atoms with Gasteiger partial charge in [0, 0.05) is 17.5 Å². The number of hydrogen-bond acceptors (Lipinski definition) is 1. The largest absolute Gasteiger partial charge is 0.261 e. The van der Waals surface area contributed by atoms with Gasteiger partial charge in [0.2, 0.25) is 0 Å². The number of aromatic nitrogens is 1. The van der Waals surface area contributed by atoms with Crippen LogP contribution in [0.3, 0.4) is 0 Å². The van der Waals surface area contributed by atoms with E-state index < -0.39 is 0 Å². The molecule has 0 radical (unpaired) electrons. The van der Waals surface area contributed by atoms with E-state index in [1.807, 2.05) is 26.0 Å². The van der Waals surface area contributed by atoms with Crippen molar-refractivity contribution in [3.63, 3.8) is 0 Å². The lowest BCUT2D eigenvalue weighted by atomic mass is 10.1. The van der Waals surface area contributed by atoms with Crippen LogP contribution >= 0.6 is 0 Å². The van der Waals surface area contributed by atoms with Gasteiger partial charge in [0.05, 0.1) is 0 Å². The van der Waals surface area contributed by atoms with Gasteiger partial charge in [0.15, 0.2) is 0 Å². The lowest BCUT2D eigenvalue weighted by Crippen LogP contribution is -1.88. The molecule has 1 nitrogen and oxygen atoms in total. The second kappa shape index (κ2) is 3.81. The summed E-state index contributed by atoms with van der Waals surface area (Å²) in [6.07, 6.45) is 1.77. The lowest BCUT2D eigenvalue weighted by Gasteiger charge is -2.04. The molecule has 0 bridgehead atoms. The smallest absolute Gasteiger partial charge is 0.123 e. The Labute approximate surface area is 88.6 Å². The van der Waals surface area contributed by atoms with E-state index >= 15 is 0 Å². The SMILES string of the molecule is Cc1cc(-c2cccc(F)c2)cnc1C. The van der Waals surface area contributed by atoms with Gasteiger partial charge in [-0.25, -0.2) is 4.39 Å². The van der Waals surface area contributed by atoms with E-state index in [1.165, 1.54) is 12.1 Å². The van der Waals surface area contributed by atoms with Crippen LogP contribution in [0.5, 0.6) is 0 Å². The average molecular weight is 201 g/mol. The Hall–Kier alpha value is -1.70. The van der Waals surface area contributed by atoms with E-state index in [9.17, 15) is 4.39 Å². The lowest BCUT2D eigenvalue weighted by molar-refractivity contribution is 0.628. The van der Waals surface area contributed by atoms with Gasteiger partial charge >= 0.3 is 0 Å². The summed E-state index contributed by atoms with van der Waals surface area (Å²) in [6, 6.07) is 8.58. The number of nitrogens with zero attached hydrogens (tertiary/aromatic N) is 1. The Morgan fingerprint density at radius 2 is 1.87 bits per heavy atom. The van der Waals surface area contributed by atoms with Crippen molar-refractivity contribution in [1.82, 2.24) is 4.98 Å². The summed E-state index contributed by atoms with van der Waals surface area (Å²) in [6.45, 7) is 3.97. The fourth-order valence-corrected chi connectivity index (χ4v) is 1.47. The van der Waals surface area contributed by atoms with E-state index in [0.29, 0.717) is 0 Å². The summed E-state index contributed by atoms with van der Waals surface area (Å²) in [4.78, 5) is 4.26. The van der Waals surface area contributed by atoms with Gasteiger partial charge in [-0.2, -0.15) is 0 Å². The molecule has 0 aliphatic heterocycles. The fraction of sp³-hybridized carbons (Fsp3) is 0.154. The van der Waals surface area contributed by atoms with Gasteiger partial charge in [-0.05, 0) is 43.2 Å². The Bertz CT molecular complexity index is 492. The molecule has 0 aliphatic carbocycles. The Balaban J connectivity index is 2.50. The van der Waals surface area contributed by atoms with Crippen molar-refractivity contribution < 1.29 is 4.39 Å². The highest BCUT2D eigenvalue weighted by atomic mass is 19.1. The van der Waals surface area contributed by atoms with E-state index in [-0.39, 0.29) is 5.82 Å². The molecule has 2 rings (SSSR count). The maximum Gasteiger partial charge on any atom is 0.123 e. The molecule has 15 heavy (non-hydrogen) atoms. The molecule has 76 valence electrons. The number of rotatable bonds is 1. The minimum absolute atomic E-state index is 0.217. The quantitative estimate of drug-likeness (QED) is 0.688. The highest BCUT2D eigenvalue weighted by Gasteiger charge is 2.01. The maximum absolute atomic E-state index is 13.0. The first-order valence-electron chi connectivity index (χ1n) is 4.86. The van der Waals surface area contributed by atoms with Crippen molar-refractivity contribution in [3.05, 3.63) is 53.6 Å². The molecule has 0 saturated carbocycles. The zero-order chi connectivity index (χ0) is 10.8. The van der Waals surface area contributed by atoms with Gasteiger partial charge in [-0.3, -0.25) is 4.98 Å². The number of pyridine rings is 1. The van der Waals surface area contributed by atoms with E-state index in [0.717, 1.165) is 22.4 Å². The van der Waals surface area contributed by atoms with Gasteiger partial charge in [0.25, 0.3) is 0 Å². The molecule has 0 N–H and O–H groups in total. The first kappa shape index (κ1) is 9.84. The van der Waals surface area contributed by atoms with Crippen LogP contribution in [-0.4, -0.2) is 4.98 Å². The molecule has 0 unspecified atom stereocenters. The number of hydrogen-bond donors (Lipinski definition) is 0. The Kier molecular flexibility index (Phi) is 2.50. The molecule has 1 heterocycles. The van der Waals surface area contributed by atoms with Crippen LogP contribution in [0.4, 0.5) is 4.39 Å². The van der Waals surface area contributed by atoms with Crippen LogP contribution in [-0.2, 0) is 0 Å². The molecule has 1 aromatic heterocycles. The average Bonchev–Trinajstić information content (AvgIpc) is 2.22. The van der Waals surface area contributed by atoms with Crippen LogP contribution in [0.15, 0.2) is 36.5 Å². The molecule has 0 spiro atoms. The Morgan fingerprint density at radius 1 is 1.07 bits per heavy atom. The van der Waals surface area contributed by atoms with E-state index in [1.54, 1.807) is 12.3 Å². The summed E-state index contributed by atoms with van der Waals surface area (Å²) >= 11 is 0. The molecule has 0 atom stereocenters. The second-order valence-corrected chi connectivity index (χ2v) is 3.64. The zero-order valence-electron chi connectivity index (χ0n) is 8.79. The van der Waals surface area contributed by atoms with Gasteiger partial charge in [-0.15, -0.1) is 0 Å². The van der Waals surface area contributed by atoms with Crippen LogP contribution in [0, 0.1) is 19.7 Å². The minimum Gasteiger partial charge on any atom is -0.261 e. The predicted octanol–water partition coefficient (Wildman–Crippen LogP) is 3.50. The van der Waals surface area contributed by atoms with Gasteiger partial charge in [0.1, 0.15) is 5.82 Å². The predicted molar refractivity (Wildman–Crippen MR) is 59.1 cm³/mol.